The molecule has 2 atom stereocenters. The molecule has 2 unspecified atom stereocenters. The molecular weight excluding hydrogens is 196 g/mol. The second-order valence-electron chi connectivity index (χ2n) is 3.60. The Kier molecular flexibility index (Phi) is 3.42. The Balaban J connectivity index is 1.79. The maximum Gasteiger partial charge on any atom is 0.183 e. The van der Waals surface area contributed by atoms with Gasteiger partial charge in [0.1, 0.15) is 6.33 Å². The zero-order valence-corrected chi connectivity index (χ0v) is 9.18. The van der Waals surface area contributed by atoms with Gasteiger partial charge in [0.25, 0.3) is 0 Å². The molecule has 4 nitrogen and oxygen atoms in total. The molecule has 2 rings (SSSR count). The van der Waals surface area contributed by atoms with E-state index in [2.05, 4.69) is 27.4 Å². The molecular formula is C9H16N4S. The number of hydrogen-bond donors (Lipinski definition) is 2. The van der Waals surface area contributed by atoms with E-state index in [4.69, 9.17) is 0 Å². The van der Waals surface area contributed by atoms with Gasteiger partial charge in [0.05, 0.1) is 0 Å². The fourth-order valence-electron chi connectivity index (χ4n) is 1.93. The number of aromatic nitrogens is 3. The largest absolute Gasteiger partial charge is 0.314 e. The van der Waals surface area contributed by atoms with Gasteiger partial charge in [-0.2, -0.15) is 5.10 Å². The topological polar surface area (TPSA) is 53.6 Å². The number of nitrogens with one attached hydrogen (secondary N) is 2. The number of aromatic amines is 1. The van der Waals surface area contributed by atoms with Crippen molar-refractivity contribution < 1.29 is 0 Å². The lowest BCUT2D eigenvalue weighted by Gasteiger charge is -2.10. The summed E-state index contributed by atoms with van der Waals surface area (Å²) in [5.74, 6) is 0. The minimum absolute atomic E-state index is 0.701. The van der Waals surface area contributed by atoms with Crippen LogP contribution in [0.3, 0.4) is 0 Å². The van der Waals surface area contributed by atoms with Gasteiger partial charge in [-0.15, -0.1) is 0 Å². The first kappa shape index (κ1) is 9.98. The van der Waals surface area contributed by atoms with Crippen LogP contribution < -0.4 is 5.32 Å². The monoisotopic (exact) mass is 212 g/mol. The summed E-state index contributed by atoms with van der Waals surface area (Å²) in [4.78, 5) is 4.13. The number of H-pyrrole nitrogens is 1. The van der Waals surface area contributed by atoms with E-state index >= 15 is 0 Å². The van der Waals surface area contributed by atoms with Crippen molar-refractivity contribution in [3.63, 3.8) is 0 Å². The summed E-state index contributed by atoms with van der Waals surface area (Å²) in [5, 5.41) is 11.9. The van der Waals surface area contributed by atoms with E-state index in [1.54, 1.807) is 6.33 Å². The van der Waals surface area contributed by atoms with Crippen LogP contribution in [0.2, 0.25) is 0 Å². The van der Waals surface area contributed by atoms with Crippen LogP contribution >= 0.6 is 11.8 Å². The van der Waals surface area contributed by atoms with Crippen molar-refractivity contribution in [2.24, 2.45) is 0 Å². The zero-order chi connectivity index (χ0) is 9.80. The minimum atomic E-state index is 0.701. The molecule has 0 bridgehead atoms. The molecule has 0 aliphatic heterocycles. The molecule has 2 N–H and O–H groups in total. The van der Waals surface area contributed by atoms with Crippen LogP contribution in [-0.2, 0) is 0 Å². The summed E-state index contributed by atoms with van der Waals surface area (Å²) < 4.78 is 0. The average Bonchev–Trinajstić information content (AvgIpc) is 2.79. The summed E-state index contributed by atoms with van der Waals surface area (Å²) in [7, 11) is 0. The highest BCUT2D eigenvalue weighted by atomic mass is 32.2. The number of hydrogen-bond acceptors (Lipinski definition) is 4. The van der Waals surface area contributed by atoms with Crippen molar-refractivity contribution >= 4 is 11.8 Å². The molecule has 0 spiro atoms. The van der Waals surface area contributed by atoms with Gasteiger partial charge in [0.15, 0.2) is 5.16 Å². The van der Waals surface area contributed by atoms with Gasteiger partial charge in [0.2, 0.25) is 0 Å². The summed E-state index contributed by atoms with van der Waals surface area (Å²) in [6, 6.07) is 0.709. The highest BCUT2D eigenvalue weighted by molar-refractivity contribution is 7.99. The molecule has 14 heavy (non-hydrogen) atoms. The first-order chi connectivity index (χ1) is 6.88. The van der Waals surface area contributed by atoms with Crippen LogP contribution in [0.15, 0.2) is 11.5 Å². The van der Waals surface area contributed by atoms with Crippen molar-refractivity contribution in [1.82, 2.24) is 20.5 Å². The second kappa shape index (κ2) is 4.79. The third-order valence-electron chi connectivity index (χ3n) is 2.55. The minimum Gasteiger partial charge on any atom is -0.314 e. The maximum absolute atomic E-state index is 4.13. The molecule has 1 aromatic heterocycles. The third kappa shape index (κ3) is 2.48. The van der Waals surface area contributed by atoms with Crippen LogP contribution in [0.4, 0.5) is 0 Å². The molecule has 0 saturated heterocycles. The predicted molar refractivity (Wildman–Crippen MR) is 57.3 cm³/mol. The molecule has 1 fully saturated rings. The van der Waals surface area contributed by atoms with Gasteiger partial charge < -0.3 is 5.32 Å². The lowest BCUT2D eigenvalue weighted by Crippen LogP contribution is -2.26. The SMILES string of the molecule is CCNC1CCC(Sc2ncn[nH]2)C1. The normalized spacial score (nSPS) is 26.9. The molecule has 0 amide bonds. The molecule has 1 heterocycles. The maximum atomic E-state index is 4.13. The Morgan fingerprint density at radius 3 is 3.29 bits per heavy atom. The average molecular weight is 212 g/mol. The molecule has 0 radical (unpaired) electrons. The van der Waals surface area contributed by atoms with Gasteiger partial charge in [0, 0.05) is 11.3 Å². The van der Waals surface area contributed by atoms with Crippen molar-refractivity contribution in [2.75, 3.05) is 6.54 Å². The zero-order valence-electron chi connectivity index (χ0n) is 8.36. The Labute approximate surface area is 88.3 Å². The van der Waals surface area contributed by atoms with Gasteiger partial charge in [-0.25, -0.2) is 4.98 Å². The third-order valence-corrected chi connectivity index (χ3v) is 3.73. The fourth-order valence-corrected chi connectivity index (χ4v) is 3.04. The van der Waals surface area contributed by atoms with E-state index in [1.165, 1.54) is 19.3 Å². The first-order valence-electron chi connectivity index (χ1n) is 5.14. The summed E-state index contributed by atoms with van der Waals surface area (Å²) in [5.41, 5.74) is 0. The standard InChI is InChI=1S/C9H16N4S/c1-2-10-7-3-4-8(5-7)14-9-11-6-12-13-9/h6-8,10H,2-5H2,1H3,(H,11,12,13). The van der Waals surface area contributed by atoms with Crippen LogP contribution in [0.1, 0.15) is 26.2 Å². The quantitative estimate of drug-likeness (QED) is 0.792. The summed E-state index contributed by atoms with van der Waals surface area (Å²) in [6.07, 6.45) is 5.39. The number of thioether (sulfide) groups is 1. The van der Waals surface area contributed by atoms with Crippen LogP contribution in [0.5, 0.6) is 0 Å². The van der Waals surface area contributed by atoms with Crippen molar-refractivity contribution in [1.29, 1.82) is 0 Å². The Bertz CT molecular complexity index is 262. The highest BCUT2D eigenvalue weighted by Gasteiger charge is 2.25. The second-order valence-corrected chi connectivity index (χ2v) is 4.89. The van der Waals surface area contributed by atoms with E-state index in [1.807, 2.05) is 11.8 Å². The van der Waals surface area contributed by atoms with Crippen LogP contribution in [0.25, 0.3) is 0 Å². The number of rotatable bonds is 4. The van der Waals surface area contributed by atoms with E-state index < -0.39 is 0 Å². The Morgan fingerprint density at radius 1 is 1.64 bits per heavy atom. The molecule has 1 aliphatic carbocycles. The lowest BCUT2D eigenvalue weighted by molar-refractivity contribution is 0.543. The van der Waals surface area contributed by atoms with E-state index in [0.29, 0.717) is 11.3 Å². The van der Waals surface area contributed by atoms with E-state index in [0.717, 1.165) is 11.7 Å². The van der Waals surface area contributed by atoms with Gasteiger partial charge >= 0.3 is 0 Å². The Hall–Kier alpha value is -0.550. The molecule has 78 valence electrons. The predicted octanol–water partition coefficient (Wildman–Crippen LogP) is 1.43. The molecule has 1 saturated carbocycles. The van der Waals surface area contributed by atoms with Gasteiger partial charge in [-0.1, -0.05) is 18.7 Å². The Morgan fingerprint density at radius 2 is 2.57 bits per heavy atom. The summed E-state index contributed by atoms with van der Waals surface area (Å²) in [6.45, 7) is 3.24. The molecule has 1 aliphatic rings. The molecule has 1 aromatic rings. The van der Waals surface area contributed by atoms with Gasteiger partial charge in [-0.05, 0) is 25.8 Å². The molecule has 5 heteroatoms. The smallest absolute Gasteiger partial charge is 0.183 e. The summed E-state index contributed by atoms with van der Waals surface area (Å²) >= 11 is 1.82. The van der Waals surface area contributed by atoms with E-state index in [-0.39, 0.29) is 0 Å². The van der Waals surface area contributed by atoms with Crippen molar-refractivity contribution in [3.8, 4) is 0 Å². The van der Waals surface area contributed by atoms with Crippen LogP contribution in [0, 0.1) is 0 Å². The highest BCUT2D eigenvalue weighted by Crippen LogP contribution is 2.32. The van der Waals surface area contributed by atoms with Gasteiger partial charge in [-0.3, -0.25) is 5.10 Å². The lowest BCUT2D eigenvalue weighted by atomic mass is 10.2. The van der Waals surface area contributed by atoms with Crippen molar-refractivity contribution in [3.05, 3.63) is 6.33 Å². The molecule has 0 aromatic carbocycles. The van der Waals surface area contributed by atoms with Crippen LogP contribution in [-0.4, -0.2) is 33.0 Å². The fraction of sp³-hybridized carbons (Fsp3) is 0.778. The van der Waals surface area contributed by atoms with Crippen molar-refractivity contribution in [2.45, 2.75) is 42.6 Å². The van der Waals surface area contributed by atoms with E-state index in [9.17, 15) is 0 Å². The first-order valence-corrected chi connectivity index (χ1v) is 6.02. The number of nitrogens with zero attached hydrogens (tertiary/aromatic N) is 2.